The molecule has 1 rings (SSSR count). The molecular weight excluding hydrogens is 227 g/mol. The summed E-state index contributed by atoms with van der Waals surface area (Å²) in [5.41, 5.74) is 0.204. The zero-order valence-corrected chi connectivity index (χ0v) is 9.94. The highest BCUT2D eigenvalue weighted by Crippen LogP contribution is 2.03. The fourth-order valence-corrected chi connectivity index (χ4v) is 1.41. The lowest BCUT2D eigenvalue weighted by atomic mass is 10.2. The number of nitrogens with zero attached hydrogens (tertiary/aromatic N) is 1. The van der Waals surface area contributed by atoms with Crippen molar-refractivity contribution in [3.8, 4) is 0 Å². The minimum atomic E-state index is -0.694. The van der Waals surface area contributed by atoms with Gasteiger partial charge in [0.1, 0.15) is 0 Å². The second kappa shape index (κ2) is 6.27. The van der Waals surface area contributed by atoms with Gasteiger partial charge in [-0.05, 0) is 13.0 Å². The molecule has 5 nitrogen and oxygen atoms in total. The molecule has 6 heteroatoms. The number of pyridine rings is 1. The topological polar surface area (TPSA) is 60.5 Å². The number of rotatable bonds is 5. The van der Waals surface area contributed by atoms with Crippen molar-refractivity contribution in [2.75, 3.05) is 14.2 Å². The summed E-state index contributed by atoms with van der Waals surface area (Å²) in [6.45, 7) is 1.73. The molecule has 0 aromatic carbocycles. The molecule has 1 atom stereocenters. The van der Waals surface area contributed by atoms with Crippen molar-refractivity contribution in [1.29, 1.82) is 0 Å². The van der Waals surface area contributed by atoms with E-state index in [4.69, 9.17) is 9.47 Å². The van der Waals surface area contributed by atoms with Crippen LogP contribution in [0.4, 0.5) is 4.39 Å². The first-order valence-electron chi connectivity index (χ1n) is 5.06. The average molecular weight is 242 g/mol. The van der Waals surface area contributed by atoms with Gasteiger partial charge in [0.2, 0.25) is 5.95 Å². The Morgan fingerprint density at radius 3 is 2.65 bits per heavy atom. The van der Waals surface area contributed by atoms with Crippen molar-refractivity contribution in [3.05, 3.63) is 29.8 Å². The third-order valence-electron chi connectivity index (χ3n) is 2.22. The number of ether oxygens (including phenoxy) is 2. The van der Waals surface area contributed by atoms with Crippen LogP contribution in [0.25, 0.3) is 0 Å². The molecule has 1 N–H and O–H groups in total. The molecule has 0 spiro atoms. The van der Waals surface area contributed by atoms with E-state index in [1.165, 1.54) is 26.5 Å². The molecule has 0 saturated carbocycles. The summed E-state index contributed by atoms with van der Waals surface area (Å²) >= 11 is 0. The molecular formula is C11H15FN2O3. The zero-order valence-electron chi connectivity index (χ0n) is 9.94. The van der Waals surface area contributed by atoms with Crippen LogP contribution in [-0.4, -0.2) is 37.4 Å². The number of hydrogen-bond donors (Lipinski definition) is 1. The van der Waals surface area contributed by atoms with Crippen LogP contribution in [0.2, 0.25) is 0 Å². The summed E-state index contributed by atoms with van der Waals surface area (Å²) in [6, 6.07) is 2.14. The standard InChI is InChI=1S/C11H15FN2O3/c1-7(11(16-2)17-3)14-10(15)8-4-5-13-9(12)6-8/h4-7,11H,1-3H3,(H,14,15). The van der Waals surface area contributed by atoms with Crippen LogP contribution in [-0.2, 0) is 9.47 Å². The third-order valence-corrected chi connectivity index (χ3v) is 2.22. The van der Waals surface area contributed by atoms with Crippen LogP contribution >= 0.6 is 0 Å². The van der Waals surface area contributed by atoms with Gasteiger partial charge in [-0.1, -0.05) is 0 Å². The van der Waals surface area contributed by atoms with Crippen LogP contribution < -0.4 is 5.32 Å². The van der Waals surface area contributed by atoms with E-state index in [0.29, 0.717) is 0 Å². The lowest BCUT2D eigenvalue weighted by Gasteiger charge is -2.22. The number of hydrogen-bond acceptors (Lipinski definition) is 4. The number of carbonyl (C=O) groups is 1. The van der Waals surface area contributed by atoms with Crippen molar-refractivity contribution in [1.82, 2.24) is 10.3 Å². The largest absolute Gasteiger partial charge is 0.354 e. The minimum absolute atomic E-state index is 0.204. The summed E-state index contributed by atoms with van der Waals surface area (Å²) in [5.74, 6) is -1.10. The monoisotopic (exact) mass is 242 g/mol. The van der Waals surface area contributed by atoms with Crippen LogP contribution in [0.15, 0.2) is 18.3 Å². The highest BCUT2D eigenvalue weighted by atomic mass is 19.1. The Hall–Kier alpha value is -1.53. The smallest absolute Gasteiger partial charge is 0.251 e. The Balaban J connectivity index is 2.66. The van der Waals surface area contributed by atoms with E-state index >= 15 is 0 Å². The highest BCUT2D eigenvalue weighted by molar-refractivity contribution is 5.94. The molecule has 0 bridgehead atoms. The lowest BCUT2D eigenvalue weighted by Crippen LogP contribution is -2.42. The summed E-state index contributed by atoms with van der Waals surface area (Å²) in [5, 5.41) is 2.64. The van der Waals surface area contributed by atoms with Crippen LogP contribution in [0.3, 0.4) is 0 Å². The molecule has 0 radical (unpaired) electrons. The predicted octanol–water partition coefficient (Wildman–Crippen LogP) is 0.958. The molecule has 1 aromatic rings. The molecule has 1 aromatic heterocycles. The summed E-state index contributed by atoms with van der Waals surface area (Å²) < 4.78 is 22.8. The van der Waals surface area contributed by atoms with Crippen molar-refractivity contribution >= 4 is 5.91 Å². The number of halogens is 1. The lowest BCUT2D eigenvalue weighted by molar-refractivity contribution is -0.117. The van der Waals surface area contributed by atoms with Gasteiger partial charge in [0.15, 0.2) is 6.29 Å². The van der Waals surface area contributed by atoms with E-state index in [-0.39, 0.29) is 11.6 Å². The van der Waals surface area contributed by atoms with Gasteiger partial charge in [-0.3, -0.25) is 4.79 Å². The molecule has 1 amide bonds. The molecule has 94 valence electrons. The Labute approximate surface area is 98.9 Å². The molecule has 1 unspecified atom stereocenters. The molecule has 0 saturated heterocycles. The fraction of sp³-hybridized carbons (Fsp3) is 0.455. The van der Waals surface area contributed by atoms with Gasteiger partial charge in [0.25, 0.3) is 5.91 Å². The molecule has 0 aliphatic carbocycles. The Morgan fingerprint density at radius 2 is 2.12 bits per heavy atom. The van der Waals surface area contributed by atoms with Crippen LogP contribution in [0, 0.1) is 5.95 Å². The molecule has 17 heavy (non-hydrogen) atoms. The van der Waals surface area contributed by atoms with E-state index in [1.54, 1.807) is 6.92 Å². The Kier molecular flexibility index (Phi) is 4.99. The fourth-order valence-electron chi connectivity index (χ4n) is 1.41. The van der Waals surface area contributed by atoms with Gasteiger partial charge < -0.3 is 14.8 Å². The number of methoxy groups -OCH3 is 2. The predicted molar refractivity (Wildman–Crippen MR) is 58.9 cm³/mol. The highest BCUT2D eigenvalue weighted by Gasteiger charge is 2.18. The second-order valence-corrected chi connectivity index (χ2v) is 3.47. The third kappa shape index (κ3) is 3.76. The molecule has 0 aliphatic heterocycles. The molecule has 1 heterocycles. The van der Waals surface area contributed by atoms with E-state index in [2.05, 4.69) is 10.3 Å². The Bertz CT molecular complexity index is 383. The van der Waals surface area contributed by atoms with Crippen LogP contribution in [0.1, 0.15) is 17.3 Å². The van der Waals surface area contributed by atoms with Crippen molar-refractivity contribution in [2.24, 2.45) is 0 Å². The van der Waals surface area contributed by atoms with Gasteiger partial charge in [0.05, 0.1) is 6.04 Å². The minimum Gasteiger partial charge on any atom is -0.354 e. The normalized spacial score (nSPS) is 12.5. The van der Waals surface area contributed by atoms with Crippen molar-refractivity contribution < 1.29 is 18.7 Å². The molecule has 0 aliphatic rings. The SMILES string of the molecule is COC(OC)C(C)NC(=O)c1ccnc(F)c1. The van der Waals surface area contributed by atoms with Crippen molar-refractivity contribution in [2.45, 2.75) is 19.3 Å². The summed E-state index contributed by atoms with van der Waals surface area (Å²) in [6.07, 6.45) is 0.685. The first-order chi connectivity index (χ1) is 8.08. The summed E-state index contributed by atoms with van der Waals surface area (Å²) in [4.78, 5) is 15.1. The van der Waals surface area contributed by atoms with Gasteiger partial charge in [-0.15, -0.1) is 0 Å². The number of aromatic nitrogens is 1. The van der Waals surface area contributed by atoms with E-state index in [9.17, 15) is 9.18 Å². The van der Waals surface area contributed by atoms with Crippen molar-refractivity contribution in [3.63, 3.8) is 0 Å². The maximum absolute atomic E-state index is 12.8. The van der Waals surface area contributed by atoms with E-state index in [0.717, 1.165) is 6.07 Å². The number of amides is 1. The van der Waals surface area contributed by atoms with Gasteiger partial charge in [-0.2, -0.15) is 4.39 Å². The second-order valence-electron chi connectivity index (χ2n) is 3.47. The first-order valence-corrected chi connectivity index (χ1v) is 5.06. The van der Waals surface area contributed by atoms with Gasteiger partial charge in [0, 0.05) is 32.0 Å². The van der Waals surface area contributed by atoms with Crippen LogP contribution in [0.5, 0.6) is 0 Å². The summed E-state index contributed by atoms with van der Waals surface area (Å²) in [7, 11) is 2.95. The first kappa shape index (κ1) is 13.5. The van der Waals surface area contributed by atoms with E-state index in [1.807, 2.05) is 0 Å². The number of carbonyl (C=O) groups excluding carboxylic acids is 1. The molecule has 0 fully saturated rings. The maximum Gasteiger partial charge on any atom is 0.251 e. The maximum atomic E-state index is 12.8. The average Bonchev–Trinajstić information content (AvgIpc) is 2.30. The van der Waals surface area contributed by atoms with E-state index < -0.39 is 18.1 Å². The quantitative estimate of drug-likeness (QED) is 0.617. The Morgan fingerprint density at radius 1 is 1.47 bits per heavy atom. The van der Waals surface area contributed by atoms with Gasteiger partial charge in [-0.25, -0.2) is 4.98 Å². The number of nitrogens with one attached hydrogen (secondary N) is 1. The zero-order chi connectivity index (χ0) is 12.8. The van der Waals surface area contributed by atoms with Gasteiger partial charge >= 0.3 is 0 Å².